The molecule has 0 atom stereocenters. The van der Waals surface area contributed by atoms with Crippen LogP contribution in [0.25, 0.3) is 90.6 Å². The van der Waals surface area contributed by atoms with Crippen molar-refractivity contribution < 1.29 is 0 Å². The second kappa shape index (κ2) is 15.8. The highest BCUT2D eigenvalue weighted by atomic mass is 15.0. The van der Waals surface area contributed by atoms with Crippen molar-refractivity contribution in [3.8, 4) is 90.6 Å². The van der Waals surface area contributed by atoms with Gasteiger partial charge in [0.15, 0.2) is 34.9 Å². The third kappa shape index (κ3) is 6.67. The van der Waals surface area contributed by atoms with Crippen LogP contribution < -0.4 is 0 Å². The first-order chi connectivity index (χ1) is 33.3. The molecule has 2 heterocycles. The minimum Gasteiger partial charge on any atom is -0.208 e. The van der Waals surface area contributed by atoms with E-state index >= 15 is 0 Å². The molecule has 4 bridgehead atoms. The summed E-state index contributed by atoms with van der Waals surface area (Å²) < 4.78 is 0. The fourth-order valence-corrected chi connectivity index (χ4v) is 13.2. The molecule has 0 unspecified atom stereocenters. The molecule has 68 heavy (non-hydrogen) atoms. The van der Waals surface area contributed by atoms with Crippen molar-refractivity contribution in [3.05, 3.63) is 193 Å². The predicted molar refractivity (Wildman–Crippen MR) is 273 cm³/mol. The summed E-state index contributed by atoms with van der Waals surface area (Å²) in [4.78, 5) is 31.9. The standard InChI is InChI=1S/C62H52N6/c1-61(2,3)54-50(59-65-55(40-18-8-4-9-19-40)63-56(66-59)41-20-10-5-11-21-41)35-45(36-51(54)60-67-57(42-22-12-6-13-23-42)64-58(68-60)43-24-14-7-15-25-43)44-28-29-49-48-26-16-17-27-52(48)62(53(49)37-44)46-31-38-30-39(33-46)34-47(62)32-38/h4-29,35-39,46-47H,30-34H2,1-3H3. The summed E-state index contributed by atoms with van der Waals surface area (Å²) in [6.07, 6.45) is 6.75. The van der Waals surface area contributed by atoms with Crippen LogP contribution in [-0.4, -0.2) is 29.9 Å². The highest BCUT2D eigenvalue weighted by molar-refractivity contribution is 5.88. The first-order valence-corrected chi connectivity index (χ1v) is 24.5. The van der Waals surface area contributed by atoms with Gasteiger partial charge in [-0.05, 0) is 118 Å². The number of fused-ring (bicyclic) bond motifs is 3. The lowest BCUT2D eigenvalue weighted by atomic mass is 9.43. The van der Waals surface area contributed by atoms with Gasteiger partial charge in [0.25, 0.3) is 0 Å². The highest BCUT2D eigenvalue weighted by Crippen LogP contribution is 2.69. The quantitative estimate of drug-likeness (QED) is 0.159. The van der Waals surface area contributed by atoms with Crippen LogP contribution in [0.5, 0.6) is 0 Å². The van der Waals surface area contributed by atoms with Crippen LogP contribution in [-0.2, 0) is 10.8 Å². The van der Waals surface area contributed by atoms with E-state index in [-0.39, 0.29) is 5.41 Å². The van der Waals surface area contributed by atoms with Crippen LogP contribution in [0.2, 0.25) is 0 Å². The maximum absolute atomic E-state index is 5.40. The molecule has 0 saturated heterocycles. The predicted octanol–water partition coefficient (Wildman–Crippen LogP) is 14.7. The molecule has 7 aromatic carbocycles. The van der Waals surface area contributed by atoms with E-state index in [9.17, 15) is 0 Å². The summed E-state index contributed by atoms with van der Waals surface area (Å²) in [5.74, 6) is 6.74. The van der Waals surface area contributed by atoms with Gasteiger partial charge in [-0.2, -0.15) is 0 Å². The molecule has 0 amide bonds. The fourth-order valence-electron chi connectivity index (χ4n) is 13.2. The van der Waals surface area contributed by atoms with Crippen molar-refractivity contribution in [2.45, 2.75) is 63.7 Å². The van der Waals surface area contributed by atoms with Gasteiger partial charge in [-0.15, -0.1) is 0 Å². The van der Waals surface area contributed by atoms with Crippen molar-refractivity contribution in [2.75, 3.05) is 0 Å². The normalized spacial score (nSPS) is 20.9. The Labute approximate surface area is 398 Å². The summed E-state index contributed by atoms with van der Waals surface area (Å²) in [6.45, 7) is 6.81. The lowest BCUT2D eigenvalue weighted by molar-refractivity contribution is -0.0399. The fraction of sp³-hybridized carbons (Fsp3) is 0.226. The molecule has 14 rings (SSSR count). The molecule has 5 aliphatic rings. The Morgan fingerprint density at radius 2 is 0.721 bits per heavy atom. The number of hydrogen-bond acceptors (Lipinski definition) is 6. The first kappa shape index (κ1) is 40.8. The monoisotopic (exact) mass is 880 g/mol. The van der Waals surface area contributed by atoms with Gasteiger partial charge in [-0.1, -0.05) is 178 Å². The number of aromatic nitrogens is 6. The Morgan fingerprint density at radius 1 is 0.338 bits per heavy atom. The third-order valence-electron chi connectivity index (χ3n) is 15.7. The van der Waals surface area contributed by atoms with Crippen molar-refractivity contribution >= 4 is 0 Å². The van der Waals surface area contributed by atoms with Crippen LogP contribution >= 0.6 is 0 Å². The molecule has 4 fully saturated rings. The van der Waals surface area contributed by atoms with Gasteiger partial charge in [-0.25, -0.2) is 29.9 Å². The molecule has 2 aromatic heterocycles. The Kier molecular flexibility index (Phi) is 9.50. The zero-order valence-electron chi connectivity index (χ0n) is 38.8. The molecular formula is C62H52N6. The van der Waals surface area contributed by atoms with Crippen LogP contribution in [0.4, 0.5) is 0 Å². The zero-order valence-corrected chi connectivity index (χ0v) is 38.8. The molecule has 4 saturated carbocycles. The van der Waals surface area contributed by atoms with E-state index in [0.29, 0.717) is 46.8 Å². The Morgan fingerprint density at radius 3 is 1.15 bits per heavy atom. The van der Waals surface area contributed by atoms with Crippen molar-refractivity contribution in [1.29, 1.82) is 0 Å². The van der Waals surface area contributed by atoms with E-state index in [1.54, 1.807) is 5.56 Å². The van der Waals surface area contributed by atoms with Gasteiger partial charge in [0.05, 0.1) is 0 Å². The minimum absolute atomic E-state index is 0.0269. The van der Waals surface area contributed by atoms with Gasteiger partial charge in [0.2, 0.25) is 0 Å². The van der Waals surface area contributed by atoms with Gasteiger partial charge < -0.3 is 0 Å². The molecule has 9 aromatic rings. The second-order valence-electron chi connectivity index (χ2n) is 20.8. The molecule has 5 aliphatic carbocycles. The van der Waals surface area contributed by atoms with E-state index in [1.807, 2.05) is 72.8 Å². The second-order valence-corrected chi connectivity index (χ2v) is 20.8. The van der Waals surface area contributed by atoms with Gasteiger partial charge in [0.1, 0.15) is 0 Å². The van der Waals surface area contributed by atoms with Crippen molar-refractivity contribution in [3.63, 3.8) is 0 Å². The van der Waals surface area contributed by atoms with Crippen LogP contribution in [0.3, 0.4) is 0 Å². The first-order valence-electron chi connectivity index (χ1n) is 24.5. The maximum atomic E-state index is 5.40. The Hall–Kier alpha value is -7.44. The Balaban J connectivity index is 1.10. The lowest BCUT2D eigenvalue weighted by Gasteiger charge is -2.61. The number of rotatable bonds is 7. The molecule has 330 valence electrons. The molecule has 0 radical (unpaired) electrons. The molecule has 6 nitrogen and oxygen atoms in total. The average molecular weight is 881 g/mol. The summed E-state index contributed by atoms with van der Waals surface area (Å²) in [5, 5.41) is 0. The molecule has 1 spiro atoms. The molecule has 0 aliphatic heterocycles. The van der Waals surface area contributed by atoms with E-state index < -0.39 is 5.41 Å². The van der Waals surface area contributed by atoms with Crippen LogP contribution in [0.15, 0.2) is 176 Å². The largest absolute Gasteiger partial charge is 0.208 e. The van der Waals surface area contributed by atoms with Crippen molar-refractivity contribution in [1.82, 2.24) is 29.9 Å². The number of nitrogens with zero attached hydrogens (tertiary/aromatic N) is 6. The van der Waals surface area contributed by atoms with Gasteiger partial charge in [0, 0.05) is 38.8 Å². The maximum Gasteiger partial charge on any atom is 0.164 e. The zero-order chi connectivity index (χ0) is 45.6. The summed E-state index contributed by atoms with van der Waals surface area (Å²) in [5.41, 5.74) is 14.4. The Bertz CT molecular complexity index is 3090. The summed E-state index contributed by atoms with van der Waals surface area (Å²) >= 11 is 0. The summed E-state index contributed by atoms with van der Waals surface area (Å²) in [6, 6.07) is 62.4. The third-order valence-corrected chi connectivity index (χ3v) is 15.7. The topological polar surface area (TPSA) is 77.3 Å². The lowest BCUT2D eigenvalue weighted by Crippen LogP contribution is -2.55. The molecular weight excluding hydrogens is 829 g/mol. The van der Waals surface area contributed by atoms with Crippen LogP contribution in [0, 0.1) is 23.7 Å². The summed E-state index contributed by atoms with van der Waals surface area (Å²) in [7, 11) is 0. The molecule has 6 heteroatoms. The molecule has 0 N–H and O–H groups in total. The number of benzene rings is 7. The van der Waals surface area contributed by atoms with E-state index in [1.165, 1.54) is 54.4 Å². The highest BCUT2D eigenvalue weighted by Gasteiger charge is 2.61. The van der Waals surface area contributed by atoms with E-state index in [4.69, 9.17) is 29.9 Å². The smallest absolute Gasteiger partial charge is 0.164 e. The average Bonchev–Trinajstić information content (AvgIpc) is 3.67. The van der Waals surface area contributed by atoms with E-state index in [0.717, 1.165) is 56.3 Å². The van der Waals surface area contributed by atoms with Gasteiger partial charge in [-0.3, -0.25) is 0 Å². The number of hydrogen-bond donors (Lipinski definition) is 0. The van der Waals surface area contributed by atoms with E-state index in [2.05, 4.69) is 124 Å². The van der Waals surface area contributed by atoms with Crippen molar-refractivity contribution in [2.24, 2.45) is 23.7 Å². The van der Waals surface area contributed by atoms with Gasteiger partial charge >= 0.3 is 0 Å². The SMILES string of the molecule is CC(C)(C)c1c(-c2nc(-c3ccccc3)nc(-c3ccccc3)n2)cc(-c2ccc3c(c2)C2(c4ccccc4-3)C3CC4CC(C3)CC2C4)cc1-c1nc(-c2ccccc2)nc(-c2ccccc2)n1. The van der Waals surface area contributed by atoms with Crippen LogP contribution in [0.1, 0.15) is 69.6 Å². The minimum atomic E-state index is -0.411.